The Morgan fingerprint density at radius 1 is 1.32 bits per heavy atom. The summed E-state index contributed by atoms with van der Waals surface area (Å²) in [5, 5.41) is 19.0. The summed E-state index contributed by atoms with van der Waals surface area (Å²) in [7, 11) is -0.476. The summed E-state index contributed by atoms with van der Waals surface area (Å²) in [6.07, 6.45) is 3.01. The van der Waals surface area contributed by atoms with Gasteiger partial charge in [0.2, 0.25) is 0 Å². The van der Waals surface area contributed by atoms with Crippen molar-refractivity contribution in [1.82, 2.24) is 14.9 Å². The van der Waals surface area contributed by atoms with Crippen LogP contribution in [0, 0.1) is 5.92 Å². The van der Waals surface area contributed by atoms with Gasteiger partial charge >= 0.3 is 7.12 Å². The SMILES string of the molecule is CC1(C)OB(c2cnc(SC[C@H]3CCN(C(=O)[C@H](O)CO)C3)nc2)OC1(C)C. The highest BCUT2D eigenvalue weighted by atomic mass is 32.2. The molecule has 8 nitrogen and oxygen atoms in total. The molecule has 0 saturated carbocycles. The Labute approximate surface area is 170 Å². The number of hydrogen-bond acceptors (Lipinski definition) is 8. The van der Waals surface area contributed by atoms with Crippen molar-refractivity contribution in [3.05, 3.63) is 12.4 Å². The lowest BCUT2D eigenvalue weighted by Crippen LogP contribution is -2.41. The van der Waals surface area contributed by atoms with Crippen LogP contribution in [-0.4, -0.2) is 80.9 Å². The van der Waals surface area contributed by atoms with Gasteiger partial charge in [-0.15, -0.1) is 0 Å². The van der Waals surface area contributed by atoms with Gasteiger partial charge in [-0.2, -0.15) is 0 Å². The molecule has 0 unspecified atom stereocenters. The van der Waals surface area contributed by atoms with Gasteiger partial charge < -0.3 is 24.4 Å². The summed E-state index contributed by atoms with van der Waals surface area (Å²) in [6, 6.07) is 0. The fourth-order valence-corrected chi connectivity index (χ4v) is 4.06. The molecule has 3 rings (SSSR count). The Morgan fingerprint density at radius 2 is 1.93 bits per heavy atom. The van der Waals surface area contributed by atoms with E-state index in [9.17, 15) is 9.90 Å². The lowest BCUT2D eigenvalue weighted by atomic mass is 9.81. The predicted octanol–water partition coefficient (Wildman–Crippen LogP) is 0.0696. The summed E-state index contributed by atoms with van der Waals surface area (Å²) >= 11 is 1.54. The third-order valence-corrected chi connectivity index (χ3v) is 6.78. The van der Waals surface area contributed by atoms with E-state index in [4.69, 9.17) is 14.4 Å². The van der Waals surface area contributed by atoms with Crippen molar-refractivity contribution in [2.24, 2.45) is 5.92 Å². The average molecular weight is 409 g/mol. The molecule has 0 aromatic carbocycles. The van der Waals surface area contributed by atoms with E-state index in [0.717, 1.165) is 17.6 Å². The van der Waals surface area contributed by atoms with Crippen molar-refractivity contribution >= 4 is 30.3 Å². The number of carbonyl (C=O) groups is 1. The molecule has 2 aliphatic heterocycles. The zero-order valence-electron chi connectivity index (χ0n) is 16.8. The molecule has 28 heavy (non-hydrogen) atoms. The first-order chi connectivity index (χ1) is 13.1. The van der Waals surface area contributed by atoms with Crippen LogP contribution in [0.15, 0.2) is 17.6 Å². The number of aromatic nitrogens is 2. The number of rotatable bonds is 6. The summed E-state index contributed by atoms with van der Waals surface area (Å²) in [4.78, 5) is 22.3. The molecule has 154 valence electrons. The van der Waals surface area contributed by atoms with E-state index in [1.54, 1.807) is 29.1 Å². The summed E-state index contributed by atoms with van der Waals surface area (Å²) in [6.45, 7) is 8.66. The van der Waals surface area contributed by atoms with Gasteiger partial charge in [-0.3, -0.25) is 4.79 Å². The monoisotopic (exact) mass is 409 g/mol. The Morgan fingerprint density at radius 3 is 2.50 bits per heavy atom. The topological polar surface area (TPSA) is 105 Å². The van der Waals surface area contributed by atoms with E-state index in [1.165, 1.54) is 0 Å². The third-order valence-electron chi connectivity index (χ3n) is 5.68. The van der Waals surface area contributed by atoms with E-state index < -0.39 is 36.9 Å². The van der Waals surface area contributed by atoms with E-state index >= 15 is 0 Å². The number of carbonyl (C=O) groups excluding carboxylic acids is 1. The molecule has 1 aromatic heterocycles. The van der Waals surface area contributed by atoms with E-state index in [1.807, 2.05) is 27.7 Å². The van der Waals surface area contributed by atoms with Gasteiger partial charge in [-0.1, -0.05) is 11.8 Å². The quantitative estimate of drug-likeness (QED) is 0.387. The largest absolute Gasteiger partial charge is 0.498 e. The fourth-order valence-electron chi connectivity index (χ4n) is 3.15. The highest BCUT2D eigenvalue weighted by Crippen LogP contribution is 2.36. The molecule has 2 fully saturated rings. The van der Waals surface area contributed by atoms with Crippen molar-refractivity contribution in [1.29, 1.82) is 0 Å². The van der Waals surface area contributed by atoms with Gasteiger partial charge in [-0.05, 0) is 40.0 Å². The first-order valence-corrected chi connectivity index (χ1v) is 10.5. The molecule has 0 bridgehead atoms. The molecule has 0 radical (unpaired) electrons. The highest BCUT2D eigenvalue weighted by Gasteiger charge is 2.51. The van der Waals surface area contributed by atoms with Crippen molar-refractivity contribution in [3.8, 4) is 0 Å². The van der Waals surface area contributed by atoms with Crippen LogP contribution in [0.5, 0.6) is 0 Å². The molecule has 3 heterocycles. The number of likely N-dealkylation sites (tertiary alicyclic amines) is 1. The summed E-state index contributed by atoms with van der Waals surface area (Å²) < 4.78 is 12.0. The number of aliphatic hydroxyl groups excluding tert-OH is 2. The second-order valence-corrected chi connectivity index (χ2v) is 9.32. The first-order valence-electron chi connectivity index (χ1n) is 9.51. The zero-order chi connectivity index (χ0) is 20.5. The maximum absolute atomic E-state index is 11.9. The lowest BCUT2D eigenvalue weighted by Gasteiger charge is -2.32. The van der Waals surface area contributed by atoms with Crippen molar-refractivity contribution in [2.75, 3.05) is 25.4 Å². The summed E-state index contributed by atoms with van der Waals surface area (Å²) in [5.74, 6) is 0.693. The molecule has 2 saturated heterocycles. The van der Waals surface area contributed by atoms with Crippen molar-refractivity contribution < 1.29 is 24.3 Å². The van der Waals surface area contributed by atoms with Gasteiger partial charge in [0.15, 0.2) is 11.3 Å². The number of nitrogens with zero attached hydrogens (tertiary/aromatic N) is 3. The predicted molar refractivity (Wildman–Crippen MR) is 106 cm³/mol. The molecular weight excluding hydrogens is 381 g/mol. The highest BCUT2D eigenvalue weighted by molar-refractivity contribution is 7.99. The smallest absolute Gasteiger partial charge is 0.399 e. The first kappa shape index (κ1) is 21.5. The van der Waals surface area contributed by atoms with Gasteiger partial charge in [0.05, 0.1) is 17.8 Å². The summed E-state index contributed by atoms with van der Waals surface area (Å²) in [5.41, 5.74) is -0.0142. The number of amides is 1. The second kappa shape index (κ2) is 8.27. The maximum Gasteiger partial charge on any atom is 0.498 e. The molecule has 0 spiro atoms. The molecule has 1 amide bonds. The third kappa shape index (κ3) is 4.51. The Bertz CT molecular complexity index is 687. The van der Waals surface area contributed by atoms with E-state index in [0.29, 0.717) is 24.2 Å². The van der Waals surface area contributed by atoms with Crippen LogP contribution < -0.4 is 5.46 Å². The standard InChI is InChI=1S/C18H28BN3O5S/c1-17(2)18(3,4)27-19(26-17)13-7-20-16(21-8-13)28-11-12-5-6-22(9-12)15(25)14(24)10-23/h7-8,12,14,23-24H,5-6,9-11H2,1-4H3/t12-,14+/m0/s1. The maximum atomic E-state index is 11.9. The normalized spacial score (nSPS) is 24.6. The minimum Gasteiger partial charge on any atom is -0.399 e. The van der Waals surface area contributed by atoms with Crippen LogP contribution in [0.1, 0.15) is 34.1 Å². The molecular formula is C18H28BN3O5S. The molecule has 0 aliphatic carbocycles. The average Bonchev–Trinajstić information content (AvgIpc) is 3.21. The van der Waals surface area contributed by atoms with E-state index in [2.05, 4.69) is 9.97 Å². The van der Waals surface area contributed by atoms with Crippen LogP contribution in [0.25, 0.3) is 0 Å². The van der Waals surface area contributed by atoms with Crippen molar-refractivity contribution in [3.63, 3.8) is 0 Å². The zero-order valence-corrected chi connectivity index (χ0v) is 17.6. The number of hydrogen-bond donors (Lipinski definition) is 2. The Hall–Kier alpha value is -1.20. The van der Waals surface area contributed by atoms with Gasteiger partial charge in [0.25, 0.3) is 5.91 Å². The Balaban J connectivity index is 1.50. The van der Waals surface area contributed by atoms with Crippen molar-refractivity contribution in [2.45, 2.75) is 56.6 Å². The number of thioether (sulfide) groups is 1. The molecule has 2 atom stereocenters. The van der Waals surface area contributed by atoms with Crippen LogP contribution >= 0.6 is 11.8 Å². The minimum atomic E-state index is -1.32. The molecule has 1 aromatic rings. The molecule has 2 N–H and O–H groups in total. The van der Waals surface area contributed by atoms with Crippen LogP contribution in [0.4, 0.5) is 0 Å². The molecule has 2 aliphatic rings. The molecule has 10 heteroatoms. The van der Waals surface area contributed by atoms with Gasteiger partial charge in [0, 0.05) is 36.7 Å². The fraction of sp³-hybridized carbons (Fsp3) is 0.722. The second-order valence-electron chi connectivity index (χ2n) is 8.34. The Kier molecular flexibility index (Phi) is 6.36. The van der Waals surface area contributed by atoms with Crippen LogP contribution in [0.2, 0.25) is 0 Å². The minimum absolute atomic E-state index is 0.311. The van der Waals surface area contributed by atoms with Gasteiger partial charge in [0.1, 0.15) is 0 Å². The van der Waals surface area contributed by atoms with Gasteiger partial charge in [-0.25, -0.2) is 9.97 Å². The van der Waals surface area contributed by atoms with E-state index in [-0.39, 0.29) is 0 Å². The van der Waals surface area contributed by atoms with Crippen LogP contribution in [0.3, 0.4) is 0 Å². The van der Waals surface area contributed by atoms with Crippen LogP contribution in [-0.2, 0) is 14.1 Å². The number of aliphatic hydroxyl groups is 2. The lowest BCUT2D eigenvalue weighted by molar-refractivity contribution is -0.141.